The molecule has 1 aliphatic carbocycles. The first-order valence-electron chi connectivity index (χ1n) is 8.62. The van der Waals surface area contributed by atoms with Crippen LogP contribution in [-0.2, 0) is 0 Å². The molecule has 1 aromatic carbocycles. The fraction of sp³-hybridized carbons (Fsp3) is 0.611. The second-order valence-corrected chi connectivity index (χ2v) is 5.97. The normalized spacial score (nSPS) is 16.8. The van der Waals surface area contributed by atoms with Crippen LogP contribution < -0.4 is 20.1 Å². The number of aliphatic imine (C=N–C) groups is 1. The highest BCUT2D eigenvalue weighted by molar-refractivity contribution is 5.80. The fourth-order valence-corrected chi connectivity index (χ4v) is 2.96. The summed E-state index contributed by atoms with van der Waals surface area (Å²) in [6.07, 6.45) is 4.13. The lowest BCUT2D eigenvalue weighted by molar-refractivity contribution is 0.182. The number of aliphatic hydroxyl groups is 1. The van der Waals surface area contributed by atoms with Crippen LogP contribution in [0, 0.1) is 0 Å². The van der Waals surface area contributed by atoms with Gasteiger partial charge in [0.05, 0.1) is 20.8 Å². The average Bonchev–Trinajstić information content (AvgIpc) is 3.12. The van der Waals surface area contributed by atoms with E-state index in [0.717, 1.165) is 12.5 Å². The Hall–Kier alpha value is -1.95. The van der Waals surface area contributed by atoms with Gasteiger partial charge in [-0.25, -0.2) is 0 Å². The molecule has 1 aliphatic rings. The van der Waals surface area contributed by atoms with Crippen LogP contribution in [0.1, 0.15) is 44.3 Å². The molecule has 0 amide bonds. The van der Waals surface area contributed by atoms with Crippen molar-refractivity contribution >= 4 is 5.96 Å². The van der Waals surface area contributed by atoms with Gasteiger partial charge in [-0.1, -0.05) is 12.8 Å². The topological polar surface area (TPSA) is 75.1 Å². The van der Waals surface area contributed by atoms with Crippen molar-refractivity contribution in [3.05, 3.63) is 23.8 Å². The number of rotatable bonds is 7. The Morgan fingerprint density at radius 3 is 2.67 bits per heavy atom. The van der Waals surface area contributed by atoms with E-state index in [1.165, 1.54) is 25.7 Å². The SMILES string of the molecule is CCNC(=NCC(O)c1cc(OC)ccc1OC)NC1CCCC1. The molecule has 0 spiro atoms. The Balaban J connectivity index is 2.06. The molecular weight excluding hydrogens is 306 g/mol. The lowest BCUT2D eigenvalue weighted by atomic mass is 10.1. The molecule has 1 aromatic rings. The number of hydrogen-bond acceptors (Lipinski definition) is 4. The Morgan fingerprint density at radius 1 is 1.29 bits per heavy atom. The molecule has 6 heteroatoms. The third-order valence-corrected chi connectivity index (χ3v) is 4.26. The molecule has 134 valence electrons. The third kappa shape index (κ3) is 5.03. The number of hydrogen-bond donors (Lipinski definition) is 3. The van der Waals surface area contributed by atoms with Crippen molar-refractivity contribution in [2.75, 3.05) is 27.3 Å². The van der Waals surface area contributed by atoms with E-state index in [0.29, 0.717) is 23.1 Å². The molecule has 1 atom stereocenters. The predicted molar refractivity (Wildman–Crippen MR) is 95.9 cm³/mol. The number of aliphatic hydroxyl groups excluding tert-OH is 1. The summed E-state index contributed by atoms with van der Waals surface area (Å²) in [7, 11) is 3.19. The molecule has 0 bridgehead atoms. The molecule has 1 unspecified atom stereocenters. The van der Waals surface area contributed by atoms with Gasteiger partial charge in [-0.15, -0.1) is 0 Å². The summed E-state index contributed by atoms with van der Waals surface area (Å²) < 4.78 is 10.6. The van der Waals surface area contributed by atoms with Crippen LogP contribution in [-0.4, -0.2) is 44.4 Å². The van der Waals surface area contributed by atoms with E-state index in [-0.39, 0.29) is 6.54 Å². The standard InChI is InChI=1S/C18H29N3O3/c1-4-19-18(21-13-7-5-6-8-13)20-12-16(22)15-11-14(23-2)9-10-17(15)24-3/h9-11,13,16,22H,4-8,12H2,1-3H3,(H2,19,20,21). The highest BCUT2D eigenvalue weighted by Crippen LogP contribution is 2.29. The molecule has 0 saturated heterocycles. The van der Waals surface area contributed by atoms with Gasteiger partial charge in [0.25, 0.3) is 0 Å². The maximum Gasteiger partial charge on any atom is 0.191 e. The lowest BCUT2D eigenvalue weighted by Gasteiger charge is -2.18. The van der Waals surface area contributed by atoms with Gasteiger partial charge in [0.15, 0.2) is 5.96 Å². The van der Waals surface area contributed by atoms with Crippen molar-refractivity contribution in [1.29, 1.82) is 0 Å². The first-order chi connectivity index (χ1) is 11.7. The molecule has 1 fully saturated rings. The number of nitrogens with zero attached hydrogens (tertiary/aromatic N) is 1. The van der Waals surface area contributed by atoms with Gasteiger partial charge in [-0.05, 0) is 38.0 Å². The zero-order chi connectivity index (χ0) is 17.4. The molecule has 0 aliphatic heterocycles. The van der Waals surface area contributed by atoms with E-state index in [1.807, 2.05) is 13.0 Å². The summed E-state index contributed by atoms with van der Waals surface area (Å²) in [5.74, 6) is 2.07. The van der Waals surface area contributed by atoms with E-state index in [9.17, 15) is 5.11 Å². The smallest absolute Gasteiger partial charge is 0.191 e. The molecule has 0 aromatic heterocycles. The fourth-order valence-electron chi connectivity index (χ4n) is 2.96. The van der Waals surface area contributed by atoms with Crippen molar-refractivity contribution < 1.29 is 14.6 Å². The minimum absolute atomic E-state index is 0.256. The van der Waals surface area contributed by atoms with Crippen molar-refractivity contribution in [1.82, 2.24) is 10.6 Å². The van der Waals surface area contributed by atoms with E-state index in [2.05, 4.69) is 15.6 Å². The second kappa shape index (κ2) is 9.37. The molecular formula is C18H29N3O3. The Labute approximate surface area is 144 Å². The van der Waals surface area contributed by atoms with Crippen LogP contribution in [0.2, 0.25) is 0 Å². The highest BCUT2D eigenvalue weighted by Gasteiger charge is 2.17. The van der Waals surface area contributed by atoms with Crippen molar-refractivity contribution in [3.8, 4) is 11.5 Å². The molecule has 0 radical (unpaired) electrons. The summed E-state index contributed by atoms with van der Waals surface area (Å²) in [5, 5.41) is 17.2. The molecule has 3 N–H and O–H groups in total. The minimum Gasteiger partial charge on any atom is -0.497 e. The Bertz CT molecular complexity index is 542. The van der Waals surface area contributed by atoms with Crippen molar-refractivity contribution in [3.63, 3.8) is 0 Å². The second-order valence-electron chi connectivity index (χ2n) is 5.97. The Morgan fingerprint density at radius 2 is 2.04 bits per heavy atom. The van der Waals surface area contributed by atoms with Crippen LogP contribution >= 0.6 is 0 Å². The van der Waals surface area contributed by atoms with Crippen LogP contribution in [0.15, 0.2) is 23.2 Å². The summed E-state index contributed by atoms with van der Waals surface area (Å²) in [4.78, 5) is 4.53. The van der Waals surface area contributed by atoms with Crippen molar-refractivity contribution in [2.24, 2.45) is 4.99 Å². The number of methoxy groups -OCH3 is 2. The zero-order valence-corrected chi connectivity index (χ0v) is 14.8. The van der Waals surface area contributed by atoms with Gasteiger partial charge >= 0.3 is 0 Å². The van der Waals surface area contributed by atoms with E-state index >= 15 is 0 Å². The Kier molecular flexibility index (Phi) is 7.18. The lowest BCUT2D eigenvalue weighted by Crippen LogP contribution is -2.42. The van der Waals surface area contributed by atoms with Gasteiger partial charge < -0.3 is 25.2 Å². The third-order valence-electron chi connectivity index (χ3n) is 4.26. The number of nitrogens with one attached hydrogen (secondary N) is 2. The number of ether oxygens (including phenoxy) is 2. The van der Waals surface area contributed by atoms with Crippen LogP contribution in [0.5, 0.6) is 11.5 Å². The van der Waals surface area contributed by atoms with Gasteiger partial charge in [-0.2, -0.15) is 0 Å². The van der Waals surface area contributed by atoms with Gasteiger partial charge in [-0.3, -0.25) is 4.99 Å². The van der Waals surface area contributed by atoms with Crippen LogP contribution in [0.4, 0.5) is 0 Å². The largest absolute Gasteiger partial charge is 0.497 e. The molecule has 2 rings (SSSR count). The minimum atomic E-state index is -0.755. The highest BCUT2D eigenvalue weighted by atomic mass is 16.5. The van der Waals surface area contributed by atoms with Crippen LogP contribution in [0.3, 0.4) is 0 Å². The summed E-state index contributed by atoms with van der Waals surface area (Å²) in [5.41, 5.74) is 0.678. The summed E-state index contributed by atoms with van der Waals surface area (Å²) >= 11 is 0. The molecule has 1 saturated carbocycles. The van der Waals surface area contributed by atoms with E-state index < -0.39 is 6.10 Å². The van der Waals surface area contributed by atoms with Gasteiger partial charge in [0.1, 0.15) is 17.6 Å². The summed E-state index contributed by atoms with van der Waals surface area (Å²) in [6, 6.07) is 5.87. The van der Waals surface area contributed by atoms with Gasteiger partial charge in [0.2, 0.25) is 0 Å². The van der Waals surface area contributed by atoms with E-state index in [1.54, 1.807) is 26.4 Å². The first kappa shape index (κ1) is 18.4. The van der Waals surface area contributed by atoms with Crippen LogP contribution in [0.25, 0.3) is 0 Å². The molecule has 24 heavy (non-hydrogen) atoms. The monoisotopic (exact) mass is 335 g/mol. The van der Waals surface area contributed by atoms with Crippen molar-refractivity contribution in [2.45, 2.75) is 44.8 Å². The maximum atomic E-state index is 10.5. The predicted octanol–water partition coefficient (Wildman–Crippen LogP) is 2.23. The quantitative estimate of drug-likeness (QED) is 0.526. The zero-order valence-electron chi connectivity index (χ0n) is 14.8. The summed E-state index contributed by atoms with van der Waals surface area (Å²) in [6.45, 7) is 3.08. The number of guanidine groups is 1. The maximum absolute atomic E-state index is 10.5. The number of benzene rings is 1. The average molecular weight is 335 g/mol. The van der Waals surface area contributed by atoms with Gasteiger partial charge in [0, 0.05) is 18.2 Å². The molecule has 6 nitrogen and oxygen atoms in total. The first-order valence-corrected chi connectivity index (χ1v) is 8.62. The van der Waals surface area contributed by atoms with E-state index in [4.69, 9.17) is 9.47 Å². The molecule has 0 heterocycles.